The van der Waals surface area contributed by atoms with Crippen molar-refractivity contribution in [3.8, 4) is 0 Å². The molecule has 13 heavy (non-hydrogen) atoms. The summed E-state index contributed by atoms with van der Waals surface area (Å²) in [5.41, 5.74) is 5.02. The Morgan fingerprint density at radius 2 is 2.08 bits per heavy atom. The number of hydrogen-bond donors (Lipinski definition) is 1. The first-order valence-electron chi connectivity index (χ1n) is 3.86. The fourth-order valence-electron chi connectivity index (χ4n) is 1.13. The second-order valence-electron chi connectivity index (χ2n) is 3.11. The summed E-state index contributed by atoms with van der Waals surface area (Å²) in [7, 11) is -0.624. The van der Waals surface area contributed by atoms with E-state index in [-0.39, 0.29) is 0 Å². The Morgan fingerprint density at radius 1 is 1.54 bits per heavy atom. The molecule has 0 aromatic rings. The van der Waals surface area contributed by atoms with Crippen molar-refractivity contribution in [3.05, 3.63) is 0 Å². The van der Waals surface area contributed by atoms with Crippen LogP contribution in [0.5, 0.6) is 0 Å². The Balaban J connectivity index is 2.80. The van der Waals surface area contributed by atoms with Crippen LogP contribution in [0, 0.1) is 0 Å². The first kappa shape index (κ1) is 10.4. The highest BCUT2D eigenvalue weighted by molar-refractivity contribution is 7.86. The summed E-state index contributed by atoms with van der Waals surface area (Å²) in [6, 6.07) is -0.660. The lowest BCUT2D eigenvalue weighted by Gasteiger charge is -2.38. The molecule has 0 aromatic heterocycles. The van der Waals surface area contributed by atoms with Gasteiger partial charge in [0, 0.05) is 20.6 Å². The molecule has 2 N–H and O–H groups in total. The molecule has 0 bridgehead atoms. The van der Waals surface area contributed by atoms with Gasteiger partial charge in [-0.15, -0.1) is 0 Å². The zero-order valence-corrected chi connectivity index (χ0v) is 8.41. The number of hydrogen-bond acceptors (Lipinski definition) is 3. The average Bonchev–Trinajstić information content (AvgIpc) is 1.80. The van der Waals surface area contributed by atoms with Gasteiger partial charge in [0.05, 0.1) is 0 Å². The topological polar surface area (TPSA) is 83.7 Å². The summed E-state index contributed by atoms with van der Waals surface area (Å²) in [6.45, 7) is 0.369. The zero-order chi connectivity index (χ0) is 10.2. The van der Waals surface area contributed by atoms with Gasteiger partial charge in [-0.25, -0.2) is 0 Å². The minimum Gasteiger partial charge on any atom is -0.368 e. The molecule has 0 spiro atoms. The van der Waals surface area contributed by atoms with Crippen molar-refractivity contribution in [2.24, 2.45) is 5.73 Å². The van der Waals surface area contributed by atoms with Gasteiger partial charge < -0.3 is 5.73 Å². The molecular formula is C6H13N3O3S. The predicted molar refractivity (Wildman–Crippen MR) is 46.9 cm³/mol. The standard InChI is InChI=1S/C6H13N3O3S/c1-8(2)13(11,12)9-4-3-5(9)6(7)10/h5H,3-4H2,1-2H3,(H2,7,10). The van der Waals surface area contributed by atoms with Gasteiger partial charge in [-0.05, 0) is 6.42 Å². The number of carbonyl (C=O) groups is 1. The fourth-order valence-corrected chi connectivity index (χ4v) is 2.42. The molecule has 0 aromatic carbocycles. The third-order valence-corrected chi connectivity index (χ3v) is 4.01. The van der Waals surface area contributed by atoms with Gasteiger partial charge in [0.25, 0.3) is 10.2 Å². The summed E-state index contributed by atoms with van der Waals surface area (Å²) >= 11 is 0. The quantitative estimate of drug-likeness (QED) is 0.602. The number of rotatable bonds is 3. The van der Waals surface area contributed by atoms with Crippen LogP contribution in [0.25, 0.3) is 0 Å². The van der Waals surface area contributed by atoms with Crippen molar-refractivity contribution in [1.29, 1.82) is 0 Å². The van der Waals surface area contributed by atoms with Crippen LogP contribution in [0.4, 0.5) is 0 Å². The van der Waals surface area contributed by atoms with E-state index in [4.69, 9.17) is 5.73 Å². The van der Waals surface area contributed by atoms with E-state index >= 15 is 0 Å². The van der Waals surface area contributed by atoms with Gasteiger partial charge in [0.2, 0.25) is 5.91 Å². The van der Waals surface area contributed by atoms with E-state index in [0.29, 0.717) is 13.0 Å². The molecule has 1 atom stereocenters. The molecule has 0 aliphatic carbocycles. The van der Waals surface area contributed by atoms with Crippen molar-refractivity contribution < 1.29 is 13.2 Å². The van der Waals surface area contributed by atoms with Crippen LogP contribution in [-0.2, 0) is 15.0 Å². The van der Waals surface area contributed by atoms with Gasteiger partial charge >= 0.3 is 0 Å². The molecule has 1 aliphatic rings. The maximum Gasteiger partial charge on any atom is 0.282 e. The van der Waals surface area contributed by atoms with Crippen LogP contribution in [-0.4, -0.2) is 49.6 Å². The highest BCUT2D eigenvalue weighted by Crippen LogP contribution is 2.22. The third kappa shape index (κ3) is 1.67. The third-order valence-electron chi connectivity index (χ3n) is 2.06. The Labute approximate surface area is 77.5 Å². The zero-order valence-electron chi connectivity index (χ0n) is 7.60. The van der Waals surface area contributed by atoms with Crippen LogP contribution in [0.3, 0.4) is 0 Å². The lowest BCUT2D eigenvalue weighted by molar-refractivity contribution is -0.124. The molecule has 1 rings (SSSR count). The van der Waals surface area contributed by atoms with E-state index in [0.717, 1.165) is 8.61 Å². The number of amides is 1. The highest BCUT2D eigenvalue weighted by Gasteiger charge is 2.41. The highest BCUT2D eigenvalue weighted by atomic mass is 32.2. The molecule has 1 heterocycles. The number of primary amides is 1. The van der Waals surface area contributed by atoms with Gasteiger partial charge in [0.1, 0.15) is 6.04 Å². The molecular weight excluding hydrogens is 194 g/mol. The maximum absolute atomic E-state index is 11.5. The van der Waals surface area contributed by atoms with Crippen LogP contribution in [0.1, 0.15) is 6.42 Å². The van der Waals surface area contributed by atoms with Crippen LogP contribution >= 0.6 is 0 Å². The Morgan fingerprint density at radius 3 is 2.31 bits per heavy atom. The smallest absolute Gasteiger partial charge is 0.282 e. The molecule has 1 saturated heterocycles. The van der Waals surface area contributed by atoms with Gasteiger partial charge in [-0.1, -0.05) is 0 Å². The Hall–Kier alpha value is -0.660. The van der Waals surface area contributed by atoms with Crippen molar-refractivity contribution in [2.45, 2.75) is 12.5 Å². The SMILES string of the molecule is CN(C)S(=O)(=O)N1CCC1C(N)=O. The minimum atomic E-state index is -3.47. The van der Waals surface area contributed by atoms with Gasteiger partial charge in [-0.2, -0.15) is 17.0 Å². The molecule has 1 unspecified atom stereocenters. The monoisotopic (exact) mass is 207 g/mol. The molecule has 0 saturated carbocycles. The summed E-state index contributed by atoms with van der Waals surface area (Å²) in [6.07, 6.45) is 0.516. The van der Waals surface area contributed by atoms with Crippen LogP contribution in [0.15, 0.2) is 0 Å². The summed E-state index contributed by atoms with van der Waals surface area (Å²) in [5.74, 6) is -0.586. The predicted octanol–water partition coefficient (Wildman–Crippen LogP) is -1.65. The second kappa shape index (κ2) is 3.24. The normalized spacial score (nSPS) is 24.4. The van der Waals surface area contributed by atoms with Crippen LogP contribution < -0.4 is 5.73 Å². The molecule has 1 fully saturated rings. The van der Waals surface area contributed by atoms with E-state index < -0.39 is 22.2 Å². The van der Waals surface area contributed by atoms with Gasteiger partial charge in [0.15, 0.2) is 0 Å². The number of nitrogens with zero attached hydrogens (tertiary/aromatic N) is 2. The summed E-state index contributed by atoms with van der Waals surface area (Å²) in [4.78, 5) is 10.8. The van der Waals surface area contributed by atoms with E-state index in [9.17, 15) is 13.2 Å². The minimum absolute atomic E-state index is 0.369. The van der Waals surface area contributed by atoms with E-state index in [2.05, 4.69) is 0 Å². The molecule has 76 valence electrons. The molecule has 0 radical (unpaired) electrons. The molecule has 1 amide bonds. The van der Waals surface area contributed by atoms with Crippen molar-refractivity contribution in [3.63, 3.8) is 0 Å². The summed E-state index contributed by atoms with van der Waals surface area (Å²) < 4.78 is 25.1. The maximum atomic E-state index is 11.5. The molecule has 6 nitrogen and oxygen atoms in total. The van der Waals surface area contributed by atoms with E-state index in [1.54, 1.807) is 0 Å². The lowest BCUT2D eigenvalue weighted by Crippen LogP contribution is -2.59. The first-order valence-corrected chi connectivity index (χ1v) is 5.25. The van der Waals surface area contributed by atoms with Crippen molar-refractivity contribution >= 4 is 16.1 Å². The second-order valence-corrected chi connectivity index (χ2v) is 5.20. The Kier molecular flexibility index (Phi) is 2.60. The van der Waals surface area contributed by atoms with Crippen molar-refractivity contribution in [2.75, 3.05) is 20.6 Å². The van der Waals surface area contributed by atoms with E-state index in [1.807, 2.05) is 0 Å². The first-order chi connectivity index (χ1) is 5.87. The van der Waals surface area contributed by atoms with Crippen LogP contribution in [0.2, 0.25) is 0 Å². The lowest BCUT2D eigenvalue weighted by atomic mass is 10.1. The van der Waals surface area contributed by atoms with E-state index in [1.165, 1.54) is 14.1 Å². The number of nitrogens with two attached hydrogens (primary N) is 1. The Bertz CT molecular complexity index is 311. The largest absolute Gasteiger partial charge is 0.368 e. The summed E-state index contributed by atoms with van der Waals surface area (Å²) in [5, 5.41) is 0. The fraction of sp³-hybridized carbons (Fsp3) is 0.833. The molecule has 7 heteroatoms. The van der Waals surface area contributed by atoms with Gasteiger partial charge in [-0.3, -0.25) is 4.79 Å². The molecule has 1 aliphatic heterocycles. The average molecular weight is 207 g/mol. The van der Waals surface area contributed by atoms with Crippen molar-refractivity contribution in [1.82, 2.24) is 8.61 Å². The number of carbonyl (C=O) groups excluding carboxylic acids is 1.